The van der Waals surface area contributed by atoms with Crippen molar-refractivity contribution in [2.24, 2.45) is 0 Å². The van der Waals surface area contributed by atoms with Crippen molar-refractivity contribution >= 4 is 5.97 Å². The first-order chi connectivity index (χ1) is 7.29. The number of carbonyl (C=O) groups is 1. The molecule has 2 nitrogen and oxygen atoms in total. The average molecular weight is 232 g/mol. The van der Waals surface area contributed by atoms with Gasteiger partial charge in [-0.3, -0.25) is 0 Å². The SMILES string of the molecule is CCc1c(C(=O)O)ccc(C(F)(F)F)c1C. The minimum atomic E-state index is -4.44. The zero-order chi connectivity index (χ0) is 12.5. The summed E-state index contributed by atoms with van der Waals surface area (Å²) in [4.78, 5) is 10.8. The molecule has 0 saturated carbocycles. The van der Waals surface area contributed by atoms with Crippen molar-refractivity contribution in [1.29, 1.82) is 0 Å². The van der Waals surface area contributed by atoms with E-state index in [2.05, 4.69) is 0 Å². The van der Waals surface area contributed by atoms with Crippen LogP contribution in [0.15, 0.2) is 12.1 Å². The van der Waals surface area contributed by atoms with E-state index >= 15 is 0 Å². The highest BCUT2D eigenvalue weighted by atomic mass is 19.4. The Morgan fingerprint density at radius 1 is 1.38 bits per heavy atom. The maximum absolute atomic E-state index is 12.6. The Morgan fingerprint density at radius 2 is 1.94 bits per heavy atom. The zero-order valence-electron chi connectivity index (χ0n) is 8.85. The molecule has 16 heavy (non-hydrogen) atoms. The van der Waals surface area contributed by atoms with Gasteiger partial charge >= 0.3 is 12.1 Å². The molecule has 88 valence electrons. The summed E-state index contributed by atoms with van der Waals surface area (Å²) in [6.45, 7) is 2.93. The van der Waals surface area contributed by atoms with Gasteiger partial charge < -0.3 is 5.11 Å². The van der Waals surface area contributed by atoms with Gasteiger partial charge in [-0.1, -0.05) is 6.92 Å². The van der Waals surface area contributed by atoms with Gasteiger partial charge in [0.05, 0.1) is 11.1 Å². The van der Waals surface area contributed by atoms with Crippen molar-refractivity contribution in [3.05, 3.63) is 34.4 Å². The van der Waals surface area contributed by atoms with Crippen LogP contribution in [0.2, 0.25) is 0 Å². The lowest BCUT2D eigenvalue weighted by Gasteiger charge is -2.15. The second kappa shape index (κ2) is 4.15. The van der Waals surface area contributed by atoms with Crippen molar-refractivity contribution in [2.45, 2.75) is 26.4 Å². The molecule has 0 aliphatic carbocycles. The Kier molecular flexibility index (Phi) is 3.26. The van der Waals surface area contributed by atoms with E-state index in [1.165, 1.54) is 6.92 Å². The molecule has 0 saturated heterocycles. The lowest BCUT2D eigenvalue weighted by molar-refractivity contribution is -0.138. The molecule has 0 fully saturated rings. The second-order valence-corrected chi connectivity index (χ2v) is 3.42. The van der Waals surface area contributed by atoms with E-state index in [0.29, 0.717) is 0 Å². The minimum Gasteiger partial charge on any atom is -0.478 e. The van der Waals surface area contributed by atoms with Crippen LogP contribution < -0.4 is 0 Å². The molecule has 0 heterocycles. The molecule has 0 bridgehead atoms. The largest absolute Gasteiger partial charge is 0.478 e. The van der Waals surface area contributed by atoms with Gasteiger partial charge in [-0.2, -0.15) is 13.2 Å². The van der Waals surface area contributed by atoms with Crippen LogP contribution in [0.5, 0.6) is 0 Å². The molecule has 0 aliphatic rings. The molecule has 0 unspecified atom stereocenters. The van der Waals surface area contributed by atoms with Gasteiger partial charge in [0, 0.05) is 0 Å². The summed E-state index contributed by atoms with van der Waals surface area (Å²) in [5.74, 6) is -1.20. The molecule has 1 aromatic carbocycles. The lowest BCUT2D eigenvalue weighted by Crippen LogP contribution is -2.12. The molecule has 0 spiro atoms. The molecule has 1 rings (SSSR count). The molecule has 0 aliphatic heterocycles. The maximum Gasteiger partial charge on any atom is 0.416 e. The molecule has 0 aromatic heterocycles. The third kappa shape index (κ3) is 2.18. The molecular formula is C11H11F3O2. The fourth-order valence-corrected chi connectivity index (χ4v) is 1.72. The lowest BCUT2D eigenvalue weighted by atomic mass is 9.95. The third-order valence-electron chi connectivity index (χ3n) is 2.49. The number of aromatic carboxylic acids is 1. The Bertz CT molecular complexity index is 422. The normalized spacial score (nSPS) is 11.6. The van der Waals surface area contributed by atoms with E-state index in [1.807, 2.05) is 0 Å². The molecular weight excluding hydrogens is 221 g/mol. The molecule has 1 aromatic rings. The molecule has 0 radical (unpaired) electrons. The number of carboxylic acid groups (broad SMARTS) is 1. The third-order valence-corrected chi connectivity index (χ3v) is 2.49. The van der Waals surface area contributed by atoms with Gasteiger partial charge in [-0.15, -0.1) is 0 Å². The minimum absolute atomic E-state index is 0.00472. The first-order valence-corrected chi connectivity index (χ1v) is 4.72. The summed E-state index contributed by atoms with van der Waals surface area (Å²) in [7, 11) is 0. The van der Waals surface area contributed by atoms with Crippen molar-refractivity contribution in [3.8, 4) is 0 Å². The highest BCUT2D eigenvalue weighted by molar-refractivity contribution is 5.90. The van der Waals surface area contributed by atoms with Crippen molar-refractivity contribution in [1.82, 2.24) is 0 Å². The topological polar surface area (TPSA) is 37.3 Å². The molecule has 0 atom stereocenters. The smallest absolute Gasteiger partial charge is 0.416 e. The number of carboxylic acids is 1. The van der Waals surface area contributed by atoms with Crippen LogP contribution in [0.1, 0.15) is 34.0 Å². The number of rotatable bonds is 2. The number of hydrogen-bond acceptors (Lipinski definition) is 1. The summed E-state index contributed by atoms with van der Waals surface area (Å²) >= 11 is 0. The van der Waals surface area contributed by atoms with Crippen LogP contribution in [-0.2, 0) is 12.6 Å². The van der Waals surface area contributed by atoms with Gasteiger partial charge in [0.15, 0.2) is 0 Å². The van der Waals surface area contributed by atoms with E-state index < -0.39 is 17.7 Å². The summed E-state index contributed by atoms with van der Waals surface area (Å²) < 4.78 is 37.7. The van der Waals surface area contributed by atoms with Gasteiger partial charge in [0.1, 0.15) is 0 Å². The van der Waals surface area contributed by atoms with Gasteiger partial charge in [-0.25, -0.2) is 4.79 Å². The second-order valence-electron chi connectivity index (χ2n) is 3.42. The van der Waals surface area contributed by atoms with E-state index in [1.54, 1.807) is 6.92 Å². The number of hydrogen-bond donors (Lipinski definition) is 1. The monoisotopic (exact) mass is 232 g/mol. The predicted octanol–water partition coefficient (Wildman–Crippen LogP) is 3.27. The Balaban J connectivity index is 3.46. The predicted molar refractivity (Wildman–Crippen MR) is 52.5 cm³/mol. The maximum atomic E-state index is 12.6. The van der Waals surface area contributed by atoms with Crippen LogP contribution in [0.25, 0.3) is 0 Å². The summed E-state index contributed by atoms with van der Waals surface area (Å²) in [6.07, 6.45) is -4.18. The standard InChI is InChI=1S/C11H11F3O2/c1-3-7-6(2)9(11(12,13)14)5-4-8(7)10(15)16/h4-5H,3H2,1-2H3,(H,15,16). The first-order valence-electron chi connectivity index (χ1n) is 4.72. The summed E-state index contributed by atoms with van der Waals surface area (Å²) in [6, 6.07) is 1.83. The highest BCUT2D eigenvalue weighted by Crippen LogP contribution is 2.34. The van der Waals surface area contributed by atoms with E-state index in [0.717, 1.165) is 12.1 Å². The van der Waals surface area contributed by atoms with Crippen LogP contribution >= 0.6 is 0 Å². The number of halogens is 3. The average Bonchev–Trinajstić information content (AvgIpc) is 2.14. The van der Waals surface area contributed by atoms with Crippen molar-refractivity contribution in [2.75, 3.05) is 0 Å². The Labute approximate surface area is 90.7 Å². The Morgan fingerprint density at radius 3 is 2.31 bits per heavy atom. The fourth-order valence-electron chi connectivity index (χ4n) is 1.72. The van der Waals surface area contributed by atoms with Crippen LogP contribution in [0.4, 0.5) is 13.2 Å². The fraction of sp³-hybridized carbons (Fsp3) is 0.364. The van der Waals surface area contributed by atoms with Gasteiger partial charge in [0.25, 0.3) is 0 Å². The Hall–Kier alpha value is -1.52. The molecule has 0 amide bonds. The van der Waals surface area contributed by atoms with Crippen molar-refractivity contribution < 1.29 is 23.1 Å². The highest BCUT2D eigenvalue weighted by Gasteiger charge is 2.33. The molecule has 1 N–H and O–H groups in total. The summed E-state index contributed by atoms with van der Waals surface area (Å²) in [5, 5.41) is 8.83. The van der Waals surface area contributed by atoms with Crippen LogP contribution in [0.3, 0.4) is 0 Å². The van der Waals surface area contributed by atoms with Gasteiger partial charge in [0.2, 0.25) is 0 Å². The van der Waals surface area contributed by atoms with E-state index in [4.69, 9.17) is 5.11 Å². The molecule has 5 heteroatoms. The van der Waals surface area contributed by atoms with Crippen LogP contribution in [0, 0.1) is 6.92 Å². The number of benzene rings is 1. The van der Waals surface area contributed by atoms with E-state index in [-0.39, 0.29) is 23.1 Å². The van der Waals surface area contributed by atoms with Gasteiger partial charge in [-0.05, 0) is 36.6 Å². The van der Waals surface area contributed by atoms with Crippen molar-refractivity contribution in [3.63, 3.8) is 0 Å². The summed E-state index contributed by atoms with van der Waals surface area (Å²) in [5.41, 5.74) is -0.598. The number of alkyl halides is 3. The van der Waals surface area contributed by atoms with Crippen LogP contribution in [-0.4, -0.2) is 11.1 Å². The zero-order valence-corrected chi connectivity index (χ0v) is 8.85. The first kappa shape index (κ1) is 12.5. The van der Waals surface area contributed by atoms with E-state index in [9.17, 15) is 18.0 Å². The quantitative estimate of drug-likeness (QED) is 0.849.